The zero-order valence-electron chi connectivity index (χ0n) is 10.2. The molecule has 1 heteroatoms. The molecule has 0 aromatic heterocycles. The fourth-order valence-electron chi connectivity index (χ4n) is 1.54. The first-order valence-electron chi connectivity index (χ1n) is 5.67. The summed E-state index contributed by atoms with van der Waals surface area (Å²) in [5.74, 6) is 0. The van der Waals surface area contributed by atoms with Crippen LogP contribution in [0.1, 0.15) is 45.2 Å². The number of rotatable bonds is 3. The third-order valence-electron chi connectivity index (χ3n) is 2.72. The molecule has 0 N–H and O–H groups in total. The SMILES string of the molecule is CCC(Cl)Cc1ccc(C(C)(C)C)cc1. The van der Waals surface area contributed by atoms with Gasteiger partial charge in [0.1, 0.15) is 0 Å². The summed E-state index contributed by atoms with van der Waals surface area (Å²) >= 11 is 6.13. The van der Waals surface area contributed by atoms with Gasteiger partial charge in [-0.3, -0.25) is 0 Å². The van der Waals surface area contributed by atoms with Gasteiger partial charge in [-0.15, -0.1) is 11.6 Å². The molecule has 0 bridgehead atoms. The summed E-state index contributed by atoms with van der Waals surface area (Å²) in [5, 5.41) is 0.269. The summed E-state index contributed by atoms with van der Waals surface area (Å²) in [6.45, 7) is 8.83. The van der Waals surface area contributed by atoms with E-state index >= 15 is 0 Å². The quantitative estimate of drug-likeness (QED) is 0.662. The summed E-state index contributed by atoms with van der Waals surface area (Å²) in [6, 6.07) is 8.83. The van der Waals surface area contributed by atoms with E-state index in [1.165, 1.54) is 11.1 Å². The Morgan fingerprint density at radius 1 is 1.13 bits per heavy atom. The van der Waals surface area contributed by atoms with Crippen molar-refractivity contribution in [1.82, 2.24) is 0 Å². The zero-order valence-corrected chi connectivity index (χ0v) is 10.9. The van der Waals surface area contributed by atoms with Crippen molar-refractivity contribution in [3.63, 3.8) is 0 Å². The van der Waals surface area contributed by atoms with Crippen LogP contribution in [0.5, 0.6) is 0 Å². The van der Waals surface area contributed by atoms with Crippen LogP contribution in [0.4, 0.5) is 0 Å². The largest absolute Gasteiger partial charge is 0.123 e. The molecule has 0 aliphatic carbocycles. The smallest absolute Gasteiger partial charge is 0.0373 e. The molecular weight excluding hydrogens is 204 g/mol. The molecule has 15 heavy (non-hydrogen) atoms. The van der Waals surface area contributed by atoms with E-state index in [0.717, 1.165) is 12.8 Å². The third kappa shape index (κ3) is 3.87. The molecule has 0 heterocycles. The lowest BCUT2D eigenvalue weighted by molar-refractivity contribution is 0.590. The van der Waals surface area contributed by atoms with Gasteiger partial charge in [0, 0.05) is 5.38 Å². The number of benzene rings is 1. The Morgan fingerprint density at radius 2 is 1.67 bits per heavy atom. The maximum Gasteiger partial charge on any atom is 0.0373 e. The van der Waals surface area contributed by atoms with Gasteiger partial charge in [0.2, 0.25) is 0 Å². The van der Waals surface area contributed by atoms with Gasteiger partial charge in [-0.2, -0.15) is 0 Å². The van der Waals surface area contributed by atoms with E-state index in [2.05, 4.69) is 52.0 Å². The Morgan fingerprint density at radius 3 is 2.07 bits per heavy atom. The van der Waals surface area contributed by atoms with Crippen LogP contribution < -0.4 is 0 Å². The first-order valence-corrected chi connectivity index (χ1v) is 6.10. The molecule has 0 saturated heterocycles. The fourth-order valence-corrected chi connectivity index (χ4v) is 1.72. The van der Waals surface area contributed by atoms with Crippen LogP contribution in [0.3, 0.4) is 0 Å². The molecule has 0 spiro atoms. The molecule has 0 amide bonds. The second-order valence-corrected chi connectivity index (χ2v) is 5.77. The monoisotopic (exact) mass is 224 g/mol. The molecule has 1 aromatic carbocycles. The van der Waals surface area contributed by atoms with E-state index in [1.54, 1.807) is 0 Å². The molecule has 1 aromatic rings. The van der Waals surface area contributed by atoms with E-state index in [-0.39, 0.29) is 10.8 Å². The van der Waals surface area contributed by atoms with Crippen molar-refractivity contribution in [3.8, 4) is 0 Å². The minimum absolute atomic E-state index is 0.240. The van der Waals surface area contributed by atoms with Crippen LogP contribution in [0, 0.1) is 0 Å². The maximum atomic E-state index is 6.13. The number of alkyl halides is 1. The van der Waals surface area contributed by atoms with E-state index in [9.17, 15) is 0 Å². The Bertz CT molecular complexity index is 292. The van der Waals surface area contributed by atoms with Crippen LogP contribution in [-0.4, -0.2) is 5.38 Å². The summed E-state index contributed by atoms with van der Waals surface area (Å²) in [4.78, 5) is 0. The van der Waals surface area contributed by atoms with Crippen molar-refractivity contribution in [1.29, 1.82) is 0 Å². The summed E-state index contributed by atoms with van der Waals surface area (Å²) in [7, 11) is 0. The van der Waals surface area contributed by atoms with Crippen molar-refractivity contribution in [2.45, 2.75) is 51.3 Å². The molecule has 1 unspecified atom stereocenters. The van der Waals surface area contributed by atoms with Gasteiger partial charge in [0.15, 0.2) is 0 Å². The lowest BCUT2D eigenvalue weighted by atomic mass is 9.86. The second-order valence-electron chi connectivity index (χ2n) is 5.16. The van der Waals surface area contributed by atoms with Gasteiger partial charge in [0.05, 0.1) is 0 Å². The van der Waals surface area contributed by atoms with Crippen molar-refractivity contribution >= 4 is 11.6 Å². The Kier molecular flexibility index (Phi) is 4.21. The second kappa shape index (κ2) is 5.03. The molecule has 0 nitrogen and oxygen atoms in total. The van der Waals surface area contributed by atoms with Crippen molar-refractivity contribution in [3.05, 3.63) is 35.4 Å². The van der Waals surface area contributed by atoms with E-state index < -0.39 is 0 Å². The van der Waals surface area contributed by atoms with E-state index in [1.807, 2.05) is 0 Å². The minimum Gasteiger partial charge on any atom is -0.123 e. The molecule has 84 valence electrons. The molecule has 0 aliphatic rings. The molecule has 1 atom stereocenters. The highest BCUT2D eigenvalue weighted by Gasteiger charge is 2.13. The predicted octanol–water partition coefficient (Wildman–Crippen LogP) is 4.54. The minimum atomic E-state index is 0.240. The topological polar surface area (TPSA) is 0 Å². The lowest BCUT2D eigenvalue weighted by Gasteiger charge is -2.19. The Labute approximate surface area is 98.7 Å². The van der Waals surface area contributed by atoms with E-state index in [4.69, 9.17) is 11.6 Å². The average molecular weight is 225 g/mol. The molecule has 0 saturated carbocycles. The van der Waals surface area contributed by atoms with E-state index in [0.29, 0.717) is 0 Å². The highest BCUT2D eigenvalue weighted by Crippen LogP contribution is 2.23. The van der Waals surface area contributed by atoms with Gasteiger partial charge >= 0.3 is 0 Å². The summed E-state index contributed by atoms with van der Waals surface area (Å²) in [6.07, 6.45) is 2.01. The first-order chi connectivity index (χ1) is 6.93. The number of halogens is 1. The van der Waals surface area contributed by atoms with Crippen molar-refractivity contribution in [2.24, 2.45) is 0 Å². The maximum absolute atomic E-state index is 6.13. The summed E-state index contributed by atoms with van der Waals surface area (Å²) in [5.41, 5.74) is 2.96. The highest BCUT2D eigenvalue weighted by molar-refractivity contribution is 6.20. The highest BCUT2D eigenvalue weighted by atomic mass is 35.5. The predicted molar refractivity (Wildman–Crippen MR) is 68.8 cm³/mol. The lowest BCUT2D eigenvalue weighted by Crippen LogP contribution is -2.11. The van der Waals surface area contributed by atoms with Gasteiger partial charge in [-0.25, -0.2) is 0 Å². The zero-order chi connectivity index (χ0) is 11.5. The average Bonchev–Trinajstić information content (AvgIpc) is 2.17. The van der Waals surface area contributed by atoms with Crippen LogP contribution >= 0.6 is 11.6 Å². The van der Waals surface area contributed by atoms with Crippen LogP contribution in [-0.2, 0) is 11.8 Å². The third-order valence-corrected chi connectivity index (χ3v) is 3.18. The molecule has 0 fully saturated rings. The van der Waals surface area contributed by atoms with Crippen LogP contribution in [0.15, 0.2) is 24.3 Å². The molecular formula is C14H21Cl. The van der Waals surface area contributed by atoms with Gasteiger partial charge < -0.3 is 0 Å². The Hall–Kier alpha value is -0.490. The molecule has 1 rings (SSSR count). The first kappa shape index (κ1) is 12.6. The van der Waals surface area contributed by atoms with Crippen molar-refractivity contribution < 1.29 is 0 Å². The van der Waals surface area contributed by atoms with Crippen LogP contribution in [0.2, 0.25) is 0 Å². The van der Waals surface area contributed by atoms with Gasteiger partial charge in [0.25, 0.3) is 0 Å². The number of hydrogen-bond donors (Lipinski definition) is 0. The molecule has 0 radical (unpaired) electrons. The van der Waals surface area contributed by atoms with Crippen LogP contribution in [0.25, 0.3) is 0 Å². The van der Waals surface area contributed by atoms with Gasteiger partial charge in [-0.1, -0.05) is 52.0 Å². The van der Waals surface area contributed by atoms with Crippen molar-refractivity contribution in [2.75, 3.05) is 0 Å². The standard InChI is InChI=1S/C14H21Cl/c1-5-13(15)10-11-6-8-12(9-7-11)14(2,3)4/h6-9,13H,5,10H2,1-4H3. The fraction of sp³-hybridized carbons (Fsp3) is 0.571. The van der Waals surface area contributed by atoms with Gasteiger partial charge in [-0.05, 0) is 29.4 Å². The summed E-state index contributed by atoms with van der Waals surface area (Å²) < 4.78 is 0. The Balaban J connectivity index is 2.73. The molecule has 0 aliphatic heterocycles. The number of hydrogen-bond acceptors (Lipinski definition) is 0. The normalized spacial score (nSPS) is 13.9.